The Kier molecular flexibility index (Phi) is 7.61. The summed E-state index contributed by atoms with van der Waals surface area (Å²) in [7, 11) is 0. The molecule has 0 unspecified atom stereocenters. The fourth-order valence-electron chi connectivity index (χ4n) is 3.49. The van der Waals surface area contributed by atoms with Gasteiger partial charge in [-0.3, -0.25) is 14.6 Å². The summed E-state index contributed by atoms with van der Waals surface area (Å²) >= 11 is 0. The zero-order chi connectivity index (χ0) is 23.8. The first-order valence-corrected chi connectivity index (χ1v) is 11.1. The monoisotopic (exact) mass is 462 g/mol. The van der Waals surface area contributed by atoms with Gasteiger partial charge in [0.25, 0.3) is 5.91 Å². The van der Waals surface area contributed by atoms with Crippen molar-refractivity contribution < 1.29 is 9.18 Å². The summed E-state index contributed by atoms with van der Waals surface area (Å²) < 4.78 is 15.3. The van der Waals surface area contributed by atoms with Crippen molar-refractivity contribution in [2.24, 2.45) is 5.73 Å². The number of aryl methyl sites for hydroxylation is 1. The predicted molar refractivity (Wildman–Crippen MR) is 127 cm³/mol. The minimum absolute atomic E-state index is 0.268. The number of carbonyl (C=O) groups is 1. The lowest BCUT2D eigenvalue weighted by atomic mass is 10.1. The molecule has 0 bridgehead atoms. The van der Waals surface area contributed by atoms with Gasteiger partial charge in [-0.15, -0.1) is 0 Å². The summed E-state index contributed by atoms with van der Waals surface area (Å²) in [5.41, 5.74) is 9.06. The molecular weight excluding hydrogens is 435 g/mol. The van der Waals surface area contributed by atoms with Crippen LogP contribution in [0.2, 0.25) is 0 Å². The van der Waals surface area contributed by atoms with Crippen molar-refractivity contribution in [2.75, 3.05) is 18.4 Å². The fourth-order valence-corrected chi connectivity index (χ4v) is 3.49. The number of aromatic amines is 1. The SMILES string of the molecule is NCCCn1ccc(CNC(=O)c2ccc(-c3cn[nH]c3)nc2NCCc2cccc(F)c2)n1. The lowest BCUT2D eigenvalue weighted by Crippen LogP contribution is -2.25. The molecule has 4 aromatic rings. The number of aromatic nitrogens is 5. The van der Waals surface area contributed by atoms with Crippen LogP contribution in [0.1, 0.15) is 28.0 Å². The molecule has 1 aromatic carbocycles. The standard InChI is InChI=1S/C24H27FN8O/c25-19-4-1-3-17(13-19)7-10-27-23-21(5-6-22(31-23)18-14-29-30-15-18)24(34)28-16-20-8-12-33(32-20)11-2-9-26/h1,3-6,8,12-15H,2,7,9-11,16,26H2,(H,27,31)(H,28,34)(H,29,30). The molecule has 3 heterocycles. The number of hydrogen-bond donors (Lipinski definition) is 4. The molecule has 0 saturated heterocycles. The number of anilines is 1. The number of H-pyrrole nitrogens is 1. The van der Waals surface area contributed by atoms with Crippen molar-refractivity contribution >= 4 is 11.7 Å². The minimum Gasteiger partial charge on any atom is -0.369 e. The normalized spacial score (nSPS) is 10.9. The van der Waals surface area contributed by atoms with Crippen molar-refractivity contribution in [1.29, 1.82) is 0 Å². The second kappa shape index (κ2) is 11.2. The van der Waals surface area contributed by atoms with Gasteiger partial charge in [-0.05, 0) is 55.3 Å². The van der Waals surface area contributed by atoms with E-state index in [0.717, 1.165) is 29.8 Å². The average Bonchev–Trinajstić information content (AvgIpc) is 3.54. The highest BCUT2D eigenvalue weighted by molar-refractivity contribution is 5.99. The van der Waals surface area contributed by atoms with Gasteiger partial charge in [0.2, 0.25) is 0 Å². The Morgan fingerprint density at radius 1 is 1.21 bits per heavy atom. The van der Waals surface area contributed by atoms with E-state index in [1.165, 1.54) is 12.1 Å². The smallest absolute Gasteiger partial charge is 0.255 e. The van der Waals surface area contributed by atoms with E-state index in [-0.39, 0.29) is 11.7 Å². The van der Waals surface area contributed by atoms with Crippen LogP contribution in [0.15, 0.2) is 61.1 Å². The van der Waals surface area contributed by atoms with Gasteiger partial charge in [-0.1, -0.05) is 12.1 Å². The molecule has 176 valence electrons. The molecule has 0 aliphatic rings. The average molecular weight is 463 g/mol. The van der Waals surface area contributed by atoms with Crippen LogP contribution in [0.3, 0.4) is 0 Å². The van der Waals surface area contributed by atoms with Gasteiger partial charge >= 0.3 is 0 Å². The van der Waals surface area contributed by atoms with Crippen molar-refractivity contribution in [3.05, 3.63) is 83.7 Å². The molecule has 4 rings (SSSR count). The van der Waals surface area contributed by atoms with Gasteiger partial charge in [0, 0.05) is 31.0 Å². The molecule has 34 heavy (non-hydrogen) atoms. The van der Waals surface area contributed by atoms with Crippen molar-refractivity contribution in [3.8, 4) is 11.3 Å². The maximum Gasteiger partial charge on any atom is 0.255 e. The van der Waals surface area contributed by atoms with Crippen LogP contribution in [0.5, 0.6) is 0 Å². The summed E-state index contributed by atoms with van der Waals surface area (Å²) in [6.07, 6.45) is 6.69. The summed E-state index contributed by atoms with van der Waals surface area (Å²) in [6.45, 7) is 2.11. The Bertz CT molecular complexity index is 1220. The van der Waals surface area contributed by atoms with Crippen molar-refractivity contribution in [3.63, 3.8) is 0 Å². The quantitative estimate of drug-likeness (QED) is 0.272. The number of benzene rings is 1. The van der Waals surface area contributed by atoms with Crippen molar-refractivity contribution in [1.82, 2.24) is 30.3 Å². The Morgan fingerprint density at radius 3 is 2.91 bits per heavy atom. The maximum absolute atomic E-state index is 13.5. The van der Waals surface area contributed by atoms with Gasteiger partial charge in [0.1, 0.15) is 11.6 Å². The Balaban J connectivity index is 1.46. The fraction of sp³-hybridized carbons (Fsp3) is 0.250. The lowest BCUT2D eigenvalue weighted by molar-refractivity contribution is 0.0951. The van der Waals surface area contributed by atoms with Gasteiger partial charge < -0.3 is 16.4 Å². The first-order chi connectivity index (χ1) is 16.6. The summed E-state index contributed by atoms with van der Waals surface area (Å²) in [6, 6.07) is 11.8. The van der Waals surface area contributed by atoms with E-state index in [1.807, 2.05) is 23.0 Å². The molecule has 0 radical (unpaired) electrons. The summed E-state index contributed by atoms with van der Waals surface area (Å²) in [4.78, 5) is 17.6. The van der Waals surface area contributed by atoms with Crippen LogP contribution >= 0.6 is 0 Å². The van der Waals surface area contributed by atoms with Gasteiger partial charge in [-0.25, -0.2) is 9.37 Å². The third-order valence-electron chi connectivity index (χ3n) is 5.25. The highest BCUT2D eigenvalue weighted by atomic mass is 19.1. The Hall–Kier alpha value is -4.05. The van der Waals surface area contributed by atoms with Crippen LogP contribution in [0.4, 0.5) is 10.2 Å². The third kappa shape index (κ3) is 6.04. The van der Waals surface area contributed by atoms with E-state index in [4.69, 9.17) is 5.73 Å². The van der Waals surface area contributed by atoms with E-state index in [2.05, 4.69) is 30.9 Å². The van der Waals surface area contributed by atoms with E-state index >= 15 is 0 Å². The van der Waals surface area contributed by atoms with Crippen LogP contribution in [-0.2, 0) is 19.5 Å². The first kappa shape index (κ1) is 23.1. The Morgan fingerprint density at radius 2 is 2.12 bits per heavy atom. The molecule has 0 spiro atoms. The largest absolute Gasteiger partial charge is 0.369 e. The number of nitrogens with one attached hydrogen (secondary N) is 3. The van der Waals surface area contributed by atoms with Gasteiger partial charge in [0.05, 0.1) is 29.7 Å². The number of amides is 1. The van der Waals surface area contributed by atoms with Crippen LogP contribution in [0, 0.1) is 5.82 Å². The summed E-state index contributed by atoms with van der Waals surface area (Å²) in [5, 5.41) is 17.3. The van der Waals surface area contributed by atoms with Gasteiger partial charge in [-0.2, -0.15) is 10.2 Å². The molecule has 0 aliphatic heterocycles. The number of hydrogen-bond acceptors (Lipinski definition) is 6. The highest BCUT2D eigenvalue weighted by Crippen LogP contribution is 2.21. The molecule has 10 heteroatoms. The number of rotatable bonds is 11. The van der Waals surface area contributed by atoms with E-state index in [9.17, 15) is 9.18 Å². The first-order valence-electron chi connectivity index (χ1n) is 11.1. The zero-order valence-corrected chi connectivity index (χ0v) is 18.7. The Labute approximate surface area is 196 Å². The molecule has 1 amide bonds. The zero-order valence-electron chi connectivity index (χ0n) is 18.7. The van der Waals surface area contributed by atoms with E-state index in [1.54, 1.807) is 30.6 Å². The molecular formula is C24H27FN8O. The second-order valence-electron chi connectivity index (χ2n) is 7.78. The molecule has 0 atom stereocenters. The molecule has 0 fully saturated rings. The van der Waals surface area contributed by atoms with Crippen LogP contribution < -0.4 is 16.4 Å². The lowest BCUT2D eigenvalue weighted by Gasteiger charge is -2.13. The highest BCUT2D eigenvalue weighted by Gasteiger charge is 2.15. The predicted octanol–water partition coefficient (Wildman–Crippen LogP) is 2.74. The van der Waals surface area contributed by atoms with Crippen LogP contribution in [0.25, 0.3) is 11.3 Å². The van der Waals surface area contributed by atoms with E-state index < -0.39 is 0 Å². The van der Waals surface area contributed by atoms with Gasteiger partial charge in [0.15, 0.2) is 0 Å². The van der Waals surface area contributed by atoms with Crippen LogP contribution in [-0.4, -0.2) is 44.0 Å². The topological polar surface area (TPSA) is 127 Å². The summed E-state index contributed by atoms with van der Waals surface area (Å²) in [5.74, 6) is -0.0970. The number of carbonyl (C=O) groups excluding carboxylic acids is 1. The molecule has 0 aliphatic carbocycles. The number of nitrogens with two attached hydrogens (primary N) is 1. The second-order valence-corrected chi connectivity index (χ2v) is 7.78. The number of pyridine rings is 1. The van der Waals surface area contributed by atoms with E-state index in [0.29, 0.717) is 43.1 Å². The minimum atomic E-state index is -0.275. The number of halogens is 1. The maximum atomic E-state index is 13.5. The third-order valence-corrected chi connectivity index (χ3v) is 5.25. The molecule has 3 aromatic heterocycles. The molecule has 5 N–H and O–H groups in total. The molecule has 9 nitrogen and oxygen atoms in total. The molecule has 0 saturated carbocycles. The number of nitrogens with zero attached hydrogens (tertiary/aromatic N) is 4. The van der Waals surface area contributed by atoms with Crippen molar-refractivity contribution in [2.45, 2.75) is 25.9 Å².